The largest absolute Gasteiger partial charge is 0.391 e. The zero-order valence-corrected chi connectivity index (χ0v) is 9.47. The summed E-state index contributed by atoms with van der Waals surface area (Å²) in [4.78, 5) is 14.0. The van der Waals surface area contributed by atoms with Crippen LogP contribution in [0, 0.1) is 10.1 Å². The molecule has 0 saturated carbocycles. The number of nitro groups is 1. The van der Waals surface area contributed by atoms with Crippen molar-refractivity contribution in [3.05, 3.63) is 28.4 Å². The van der Waals surface area contributed by atoms with Gasteiger partial charge in [-0.1, -0.05) is 0 Å². The topological polar surface area (TPSA) is 88.3 Å². The van der Waals surface area contributed by atoms with Crippen LogP contribution < -0.4 is 5.32 Å². The Kier molecular flexibility index (Phi) is 3.44. The fraction of sp³-hybridized carbons (Fsp3) is 0.500. The van der Waals surface area contributed by atoms with Gasteiger partial charge in [0.15, 0.2) is 0 Å². The maximum absolute atomic E-state index is 10.6. The van der Waals surface area contributed by atoms with Gasteiger partial charge >= 0.3 is 0 Å². The van der Waals surface area contributed by atoms with E-state index < -0.39 is 16.6 Å². The Morgan fingerprint density at radius 2 is 2.25 bits per heavy atom. The van der Waals surface area contributed by atoms with Gasteiger partial charge in [0.1, 0.15) is 5.82 Å². The third-order valence-corrected chi connectivity index (χ3v) is 2.45. The number of nitrogens with zero attached hydrogens (tertiary/aromatic N) is 2. The summed E-state index contributed by atoms with van der Waals surface area (Å²) in [5, 5.41) is 23.0. The summed E-state index contributed by atoms with van der Waals surface area (Å²) in [6, 6.07) is 2.66. The number of pyridine rings is 1. The van der Waals surface area contributed by atoms with Crippen molar-refractivity contribution in [2.75, 3.05) is 5.32 Å². The summed E-state index contributed by atoms with van der Waals surface area (Å²) in [5.74, 6) is 0.375. The SMILES string of the molecule is CC(O)C(C)(C)Nc1cc([N+](=O)[O-])ccn1. The molecular formula is C10H15N3O3. The average molecular weight is 225 g/mol. The van der Waals surface area contributed by atoms with Crippen molar-refractivity contribution in [2.45, 2.75) is 32.4 Å². The molecule has 2 N–H and O–H groups in total. The Labute approximate surface area is 93.5 Å². The predicted octanol–water partition coefficient (Wildman–Crippen LogP) is 1.56. The summed E-state index contributed by atoms with van der Waals surface area (Å²) in [6.07, 6.45) is 0.757. The standard InChI is InChI=1S/C10H15N3O3/c1-7(14)10(2,3)12-9-6-8(13(15)16)4-5-11-9/h4-7,14H,1-3H3,(H,11,12). The highest BCUT2D eigenvalue weighted by molar-refractivity contribution is 5.45. The summed E-state index contributed by atoms with van der Waals surface area (Å²) in [6.45, 7) is 5.22. The highest BCUT2D eigenvalue weighted by Crippen LogP contribution is 2.20. The molecule has 0 aliphatic carbocycles. The maximum atomic E-state index is 10.6. The van der Waals surface area contributed by atoms with Crippen LogP contribution in [0.1, 0.15) is 20.8 Å². The van der Waals surface area contributed by atoms with Gasteiger partial charge in [0.25, 0.3) is 5.69 Å². The third-order valence-electron chi connectivity index (χ3n) is 2.45. The molecule has 1 rings (SSSR count). The second-order valence-corrected chi connectivity index (χ2v) is 4.18. The van der Waals surface area contributed by atoms with E-state index in [1.54, 1.807) is 20.8 Å². The van der Waals surface area contributed by atoms with E-state index in [1.807, 2.05) is 0 Å². The normalized spacial score (nSPS) is 13.2. The van der Waals surface area contributed by atoms with E-state index in [0.29, 0.717) is 5.82 Å². The first-order chi connectivity index (χ1) is 7.33. The Hall–Kier alpha value is -1.69. The van der Waals surface area contributed by atoms with Gasteiger partial charge in [0, 0.05) is 12.3 Å². The molecule has 1 heterocycles. The van der Waals surface area contributed by atoms with Crippen LogP contribution in [0.3, 0.4) is 0 Å². The van der Waals surface area contributed by atoms with Crippen LogP contribution in [0.2, 0.25) is 0 Å². The summed E-state index contributed by atoms with van der Waals surface area (Å²) >= 11 is 0. The minimum absolute atomic E-state index is 0.0288. The first kappa shape index (κ1) is 12.4. The molecule has 0 spiro atoms. The second-order valence-electron chi connectivity index (χ2n) is 4.18. The monoisotopic (exact) mass is 225 g/mol. The quantitative estimate of drug-likeness (QED) is 0.599. The van der Waals surface area contributed by atoms with Crippen LogP contribution in [0.4, 0.5) is 11.5 Å². The molecule has 88 valence electrons. The van der Waals surface area contributed by atoms with Gasteiger partial charge in [0.2, 0.25) is 0 Å². The predicted molar refractivity (Wildman–Crippen MR) is 60.3 cm³/mol. The maximum Gasteiger partial charge on any atom is 0.274 e. The molecule has 1 atom stereocenters. The Balaban J connectivity index is 2.90. The molecule has 0 bridgehead atoms. The van der Waals surface area contributed by atoms with E-state index in [9.17, 15) is 15.2 Å². The minimum Gasteiger partial charge on any atom is -0.391 e. The van der Waals surface area contributed by atoms with E-state index in [0.717, 1.165) is 0 Å². The lowest BCUT2D eigenvalue weighted by atomic mass is 9.99. The highest BCUT2D eigenvalue weighted by atomic mass is 16.6. The number of anilines is 1. The van der Waals surface area contributed by atoms with Crippen LogP contribution in [0.15, 0.2) is 18.3 Å². The van der Waals surface area contributed by atoms with Gasteiger partial charge in [-0.15, -0.1) is 0 Å². The van der Waals surface area contributed by atoms with Gasteiger partial charge in [-0.05, 0) is 20.8 Å². The second kappa shape index (κ2) is 4.44. The highest BCUT2D eigenvalue weighted by Gasteiger charge is 2.24. The smallest absolute Gasteiger partial charge is 0.274 e. The van der Waals surface area contributed by atoms with Gasteiger partial charge in [0.05, 0.1) is 22.6 Å². The van der Waals surface area contributed by atoms with Gasteiger partial charge < -0.3 is 10.4 Å². The zero-order valence-electron chi connectivity index (χ0n) is 9.47. The first-order valence-electron chi connectivity index (χ1n) is 4.89. The Bertz CT molecular complexity index is 391. The van der Waals surface area contributed by atoms with E-state index >= 15 is 0 Å². The number of aromatic nitrogens is 1. The molecule has 6 heteroatoms. The summed E-state index contributed by atoms with van der Waals surface area (Å²) in [5.41, 5.74) is -0.624. The van der Waals surface area contributed by atoms with E-state index in [1.165, 1.54) is 18.3 Å². The number of nitrogens with one attached hydrogen (secondary N) is 1. The molecule has 0 aliphatic heterocycles. The zero-order chi connectivity index (χ0) is 12.3. The summed E-state index contributed by atoms with van der Waals surface area (Å²) < 4.78 is 0. The minimum atomic E-state index is -0.603. The fourth-order valence-electron chi connectivity index (χ4n) is 1.04. The fourth-order valence-corrected chi connectivity index (χ4v) is 1.04. The molecule has 1 aromatic rings. The molecule has 0 radical (unpaired) electrons. The Morgan fingerprint density at radius 1 is 1.62 bits per heavy atom. The van der Waals surface area contributed by atoms with E-state index in [4.69, 9.17) is 0 Å². The lowest BCUT2D eigenvalue weighted by Gasteiger charge is -2.29. The van der Waals surface area contributed by atoms with Crippen molar-refractivity contribution >= 4 is 11.5 Å². The average Bonchev–Trinajstić information content (AvgIpc) is 2.17. The van der Waals surface area contributed by atoms with Gasteiger partial charge in [-0.2, -0.15) is 0 Å². The number of rotatable bonds is 4. The molecule has 1 aromatic heterocycles. The number of hydrogen-bond acceptors (Lipinski definition) is 5. The number of aliphatic hydroxyl groups excluding tert-OH is 1. The van der Waals surface area contributed by atoms with Crippen molar-refractivity contribution in [1.82, 2.24) is 4.98 Å². The lowest BCUT2D eigenvalue weighted by molar-refractivity contribution is -0.384. The number of hydrogen-bond donors (Lipinski definition) is 2. The van der Waals surface area contributed by atoms with Crippen LogP contribution in [0.25, 0.3) is 0 Å². The van der Waals surface area contributed by atoms with Crippen molar-refractivity contribution in [2.24, 2.45) is 0 Å². The first-order valence-corrected chi connectivity index (χ1v) is 4.89. The van der Waals surface area contributed by atoms with Crippen molar-refractivity contribution in [3.63, 3.8) is 0 Å². The Morgan fingerprint density at radius 3 is 2.75 bits per heavy atom. The van der Waals surface area contributed by atoms with Crippen LogP contribution in [0.5, 0.6) is 0 Å². The van der Waals surface area contributed by atoms with Crippen molar-refractivity contribution in [1.29, 1.82) is 0 Å². The van der Waals surface area contributed by atoms with Crippen LogP contribution in [-0.4, -0.2) is 26.7 Å². The van der Waals surface area contributed by atoms with Gasteiger partial charge in [-0.3, -0.25) is 10.1 Å². The summed E-state index contributed by atoms with van der Waals surface area (Å²) in [7, 11) is 0. The van der Waals surface area contributed by atoms with Gasteiger partial charge in [-0.25, -0.2) is 4.98 Å². The van der Waals surface area contributed by atoms with E-state index in [-0.39, 0.29) is 5.69 Å². The molecule has 16 heavy (non-hydrogen) atoms. The lowest BCUT2D eigenvalue weighted by Crippen LogP contribution is -2.42. The molecule has 0 amide bonds. The van der Waals surface area contributed by atoms with Crippen LogP contribution in [-0.2, 0) is 0 Å². The molecule has 1 unspecified atom stereocenters. The van der Waals surface area contributed by atoms with Crippen LogP contribution >= 0.6 is 0 Å². The molecule has 0 aromatic carbocycles. The molecule has 0 fully saturated rings. The molecule has 0 aliphatic rings. The molecule has 0 saturated heterocycles. The van der Waals surface area contributed by atoms with Crippen molar-refractivity contribution < 1.29 is 10.0 Å². The molecular weight excluding hydrogens is 210 g/mol. The van der Waals surface area contributed by atoms with E-state index in [2.05, 4.69) is 10.3 Å². The molecule has 6 nitrogen and oxygen atoms in total. The third kappa shape index (κ3) is 2.90. The van der Waals surface area contributed by atoms with Crippen molar-refractivity contribution in [3.8, 4) is 0 Å². The number of aliphatic hydroxyl groups is 1.